The molecule has 1 aliphatic heterocycles. The Kier molecular flexibility index (Phi) is 6.44. The lowest BCUT2D eigenvalue weighted by Gasteiger charge is -2.21. The molecule has 108 valence electrons. The standard InChI is InChI=1S/C14H24O4Si/c1-4-17-19(2,3)10-8-6-5-7-9-12-11-13(15)18-14(12)16/h5,7,12H,4,6,8-11H2,1-3H3. The van der Waals surface area contributed by atoms with E-state index in [1.807, 2.05) is 13.0 Å². The number of esters is 2. The fourth-order valence-electron chi connectivity index (χ4n) is 2.19. The van der Waals surface area contributed by atoms with E-state index < -0.39 is 14.3 Å². The van der Waals surface area contributed by atoms with Crippen LogP contribution < -0.4 is 0 Å². The molecule has 1 atom stereocenters. The van der Waals surface area contributed by atoms with Gasteiger partial charge in [0.1, 0.15) is 0 Å². The van der Waals surface area contributed by atoms with E-state index in [9.17, 15) is 9.59 Å². The number of carbonyl (C=O) groups excluding carboxylic acids is 2. The average molecular weight is 284 g/mol. The summed E-state index contributed by atoms with van der Waals surface area (Å²) in [5.41, 5.74) is 0. The van der Waals surface area contributed by atoms with Gasteiger partial charge in [-0.25, -0.2) is 0 Å². The van der Waals surface area contributed by atoms with Crippen LogP contribution in [-0.4, -0.2) is 26.9 Å². The molecule has 0 N–H and O–H groups in total. The normalized spacial score (nSPS) is 20.3. The summed E-state index contributed by atoms with van der Waals surface area (Å²) in [5, 5.41) is 0. The molecule has 0 bridgehead atoms. The Morgan fingerprint density at radius 3 is 2.68 bits per heavy atom. The quantitative estimate of drug-likeness (QED) is 0.226. The SMILES string of the molecule is CCO[Si](C)(C)CCCC=CCC1CC(=O)OC1=O. The van der Waals surface area contributed by atoms with Crippen LogP contribution in [0.4, 0.5) is 0 Å². The number of hydrogen-bond donors (Lipinski definition) is 0. The minimum absolute atomic E-state index is 0.230. The van der Waals surface area contributed by atoms with Crippen LogP contribution in [-0.2, 0) is 18.8 Å². The van der Waals surface area contributed by atoms with Crippen molar-refractivity contribution in [1.82, 2.24) is 0 Å². The number of rotatable bonds is 8. The molecular formula is C14H24O4Si. The van der Waals surface area contributed by atoms with E-state index in [4.69, 9.17) is 4.43 Å². The van der Waals surface area contributed by atoms with E-state index in [0.29, 0.717) is 6.42 Å². The van der Waals surface area contributed by atoms with Crippen LogP contribution >= 0.6 is 0 Å². The Morgan fingerprint density at radius 2 is 2.11 bits per heavy atom. The van der Waals surface area contributed by atoms with Crippen molar-refractivity contribution in [2.24, 2.45) is 5.92 Å². The van der Waals surface area contributed by atoms with Crippen LogP contribution in [0.3, 0.4) is 0 Å². The van der Waals surface area contributed by atoms with Crippen molar-refractivity contribution in [3.63, 3.8) is 0 Å². The Bertz CT molecular complexity index is 349. The fourth-order valence-corrected chi connectivity index (χ4v) is 4.17. The predicted octanol–water partition coefficient (Wildman–Crippen LogP) is 3.04. The van der Waals surface area contributed by atoms with Gasteiger partial charge in [0, 0.05) is 6.61 Å². The van der Waals surface area contributed by atoms with Crippen molar-refractivity contribution < 1.29 is 18.8 Å². The fraction of sp³-hybridized carbons (Fsp3) is 0.714. The minimum atomic E-state index is -1.46. The van der Waals surface area contributed by atoms with Crippen LogP contribution in [0.5, 0.6) is 0 Å². The highest BCUT2D eigenvalue weighted by atomic mass is 28.4. The van der Waals surface area contributed by atoms with Crippen LogP contribution in [0.15, 0.2) is 12.2 Å². The first kappa shape index (κ1) is 16.1. The molecule has 0 spiro atoms. The van der Waals surface area contributed by atoms with Gasteiger partial charge < -0.3 is 9.16 Å². The Hall–Kier alpha value is -0.943. The summed E-state index contributed by atoms with van der Waals surface area (Å²) >= 11 is 0. The second kappa shape index (κ2) is 7.60. The summed E-state index contributed by atoms with van der Waals surface area (Å²) in [6, 6.07) is 1.15. The first-order chi connectivity index (χ1) is 8.94. The van der Waals surface area contributed by atoms with Crippen molar-refractivity contribution in [3.8, 4) is 0 Å². The van der Waals surface area contributed by atoms with E-state index in [-0.39, 0.29) is 18.3 Å². The second-order valence-electron chi connectivity index (χ2n) is 5.49. The summed E-state index contributed by atoms with van der Waals surface area (Å²) in [7, 11) is -1.46. The van der Waals surface area contributed by atoms with Crippen molar-refractivity contribution in [1.29, 1.82) is 0 Å². The van der Waals surface area contributed by atoms with Gasteiger partial charge in [0.05, 0.1) is 12.3 Å². The number of unbranched alkanes of at least 4 members (excludes halogenated alkanes) is 1. The lowest BCUT2D eigenvalue weighted by atomic mass is 10.0. The third-order valence-corrected chi connectivity index (χ3v) is 5.86. The first-order valence-corrected chi connectivity index (χ1v) is 10.1. The summed E-state index contributed by atoms with van der Waals surface area (Å²) < 4.78 is 10.3. The summed E-state index contributed by atoms with van der Waals surface area (Å²) in [5.74, 6) is -1.04. The van der Waals surface area contributed by atoms with Gasteiger partial charge in [-0.2, -0.15) is 0 Å². The molecular weight excluding hydrogens is 260 g/mol. The van der Waals surface area contributed by atoms with Gasteiger partial charge in [-0.3, -0.25) is 9.59 Å². The van der Waals surface area contributed by atoms with Crippen molar-refractivity contribution in [2.45, 2.75) is 51.7 Å². The van der Waals surface area contributed by atoms with Gasteiger partial charge in [0.25, 0.3) is 0 Å². The largest absolute Gasteiger partial charge is 0.418 e. The summed E-state index contributed by atoms with van der Waals surface area (Å²) in [6.45, 7) is 7.31. The third-order valence-electron chi connectivity index (χ3n) is 3.23. The van der Waals surface area contributed by atoms with E-state index in [2.05, 4.69) is 23.9 Å². The lowest BCUT2D eigenvalue weighted by Crippen LogP contribution is -2.29. The van der Waals surface area contributed by atoms with Crippen LogP contribution in [0.1, 0.15) is 32.6 Å². The van der Waals surface area contributed by atoms with Gasteiger partial charge in [-0.05, 0) is 38.9 Å². The molecule has 1 aliphatic rings. The van der Waals surface area contributed by atoms with Crippen LogP contribution in [0, 0.1) is 5.92 Å². The zero-order chi connectivity index (χ0) is 14.3. The summed E-state index contributed by atoms with van der Waals surface area (Å²) in [4.78, 5) is 22.1. The summed E-state index contributed by atoms with van der Waals surface area (Å²) in [6.07, 6.45) is 7.03. The maximum Gasteiger partial charge on any atom is 0.317 e. The van der Waals surface area contributed by atoms with E-state index in [1.165, 1.54) is 0 Å². The third kappa shape index (κ3) is 6.16. The highest BCUT2D eigenvalue weighted by molar-refractivity contribution is 6.71. The van der Waals surface area contributed by atoms with Crippen molar-refractivity contribution in [2.75, 3.05) is 6.61 Å². The van der Waals surface area contributed by atoms with Gasteiger partial charge in [-0.15, -0.1) is 0 Å². The van der Waals surface area contributed by atoms with Crippen molar-refractivity contribution >= 4 is 20.3 Å². The number of ether oxygens (including phenoxy) is 1. The highest BCUT2D eigenvalue weighted by Crippen LogP contribution is 2.20. The number of cyclic esters (lactones) is 2. The van der Waals surface area contributed by atoms with E-state index in [0.717, 1.165) is 25.5 Å². The molecule has 1 fully saturated rings. The molecule has 0 amide bonds. The lowest BCUT2D eigenvalue weighted by molar-refractivity contribution is -0.153. The molecule has 19 heavy (non-hydrogen) atoms. The maximum absolute atomic E-state index is 11.2. The molecule has 0 aromatic rings. The van der Waals surface area contributed by atoms with Gasteiger partial charge in [0.15, 0.2) is 8.32 Å². The molecule has 4 nitrogen and oxygen atoms in total. The monoisotopic (exact) mass is 284 g/mol. The topological polar surface area (TPSA) is 52.6 Å². The van der Waals surface area contributed by atoms with Crippen molar-refractivity contribution in [3.05, 3.63) is 12.2 Å². The molecule has 0 aromatic heterocycles. The number of allylic oxidation sites excluding steroid dienone is 2. The molecule has 0 saturated carbocycles. The zero-order valence-corrected chi connectivity index (χ0v) is 13.1. The zero-order valence-electron chi connectivity index (χ0n) is 12.1. The van der Waals surface area contributed by atoms with Crippen LogP contribution in [0.25, 0.3) is 0 Å². The molecule has 0 aromatic carbocycles. The highest BCUT2D eigenvalue weighted by Gasteiger charge is 2.32. The number of hydrogen-bond acceptors (Lipinski definition) is 4. The first-order valence-electron chi connectivity index (χ1n) is 6.98. The molecule has 0 aliphatic carbocycles. The molecule has 1 unspecified atom stereocenters. The molecule has 0 radical (unpaired) electrons. The van der Waals surface area contributed by atoms with Crippen LogP contribution in [0.2, 0.25) is 19.1 Å². The average Bonchev–Trinajstić information content (AvgIpc) is 2.62. The second-order valence-corrected chi connectivity index (χ2v) is 9.79. The van der Waals surface area contributed by atoms with Gasteiger partial charge >= 0.3 is 11.9 Å². The Labute approximate surface area is 116 Å². The van der Waals surface area contributed by atoms with E-state index >= 15 is 0 Å². The maximum atomic E-state index is 11.2. The van der Waals surface area contributed by atoms with Gasteiger partial charge in [-0.1, -0.05) is 18.6 Å². The minimum Gasteiger partial charge on any atom is -0.418 e. The Morgan fingerprint density at radius 1 is 1.37 bits per heavy atom. The smallest absolute Gasteiger partial charge is 0.317 e. The molecule has 1 saturated heterocycles. The van der Waals surface area contributed by atoms with E-state index in [1.54, 1.807) is 0 Å². The molecule has 1 rings (SSSR count). The molecule has 1 heterocycles. The number of carbonyl (C=O) groups is 2. The molecule has 5 heteroatoms. The predicted molar refractivity (Wildman–Crippen MR) is 76.1 cm³/mol. The Balaban J connectivity index is 2.14. The van der Waals surface area contributed by atoms with Gasteiger partial charge in [0.2, 0.25) is 0 Å².